The molecule has 0 saturated carbocycles. The fraction of sp³-hybridized carbons (Fsp3) is 0.684. The van der Waals surface area contributed by atoms with Crippen LogP contribution in [0.3, 0.4) is 0 Å². The first kappa shape index (κ1) is 24.4. The van der Waals surface area contributed by atoms with Crippen LogP contribution < -0.4 is 10.6 Å². The smallest absolute Gasteiger partial charge is 0.226 e. The lowest BCUT2D eigenvalue weighted by molar-refractivity contribution is 0.367. The molecule has 9 heteroatoms. The van der Waals surface area contributed by atoms with Crippen molar-refractivity contribution < 1.29 is 9.05 Å². The van der Waals surface area contributed by atoms with Crippen molar-refractivity contribution in [2.75, 3.05) is 13.6 Å². The highest BCUT2D eigenvalue weighted by Crippen LogP contribution is 2.22. The number of aromatic nitrogens is 3. The highest BCUT2D eigenvalue weighted by Gasteiger charge is 2.13. The van der Waals surface area contributed by atoms with Crippen LogP contribution in [0.5, 0.6) is 0 Å². The molecule has 0 atom stereocenters. The Hall–Kier alpha value is -1.65. The third-order valence-electron chi connectivity index (χ3n) is 4.49. The van der Waals surface area contributed by atoms with E-state index in [9.17, 15) is 0 Å². The fourth-order valence-corrected chi connectivity index (χ4v) is 2.75. The van der Waals surface area contributed by atoms with Crippen LogP contribution in [0.2, 0.25) is 0 Å². The Morgan fingerprint density at radius 3 is 2.50 bits per heavy atom. The summed E-state index contributed by atoms with van der Waals surface area (Å²) in [7, 11) is 1.75. The number of rotatable bonds is 10. The first-order chi connectivity index (χ1) is 13.1. The first-order valence-corrected chi connectivity index (χ1v) is 9.79. The van der Waals surface area contributed by atoms with Crippen LogP contribution in [0.25, 0.3) is 0 Å². The SMILES string of the molecule is CCC(CC)c1cc(CNC(=NC)NCCCc2nc(C(C)C)no2)on1.I. The number of hydrogen-bond acceptors (Lipinski definition) is 6. The zero-order chi connectivity index (χ0) is 19.6. The van der Waals surface area contributed by atoms with Gasteiger partial charge in [-0.2, -0.15) is 4.98 Å². The average Bonchev–Trinajstić information content (AvgIpc) is 3.32. The van der Waals surface area contributed by atoms with E-state index >= 15 is 0 Å². The van der Waals surface area contributed by atoms with Gasteiger partial charge >= 0.3 is 0 Å². The minimum Gasteiger partial charge on any atom is -0.359 e. The predicted molar refractivity (Wildman–Crippen MR) is 120 cm³/mol. The molecule has 0 aliphatic rings. The molecule has 0 radical (unpaired) electrons. The van der Waals surface area contributed by atoms with Gasteiger partial charge in [0.2, 0.25) is 5.89 Å². The Kier molecular flexibility index (Phi) is 11.1. The standard InChI is InChI=1S/C19H32N6O2.HI/c1-6-14(7-2)16-11-15(26-24-16)12-22-19(20-5)21-10-8-9-17-23-18(13(3)4)25-27-17;/h11,13-14H,6-10,12H2,1-5H3,(H2,20,21,22);1H. The molecule has 0 bridgehead atoms. The van der Waals surface area contributed by atoms with Gasteiger partial charge in [0, 0.05) is 37.9 Å². The number of halogens is 1. The van der Waals surface area contributed by atoms with E-state index in [4.69, 9.17) is 9.05 Å². The summed E-state index contributed by atoms with van der Waals surface area (Å²) in [5, 5.41) is 14.7. The van der Waals surface area contributed by atoms with Crippen LogP contribution in [0.1, 0.15) is 82.0 Å². The lowest BCUT2D eigenvalue weighted by atomic mass is 9.99. The topological polar surface area (TPSA) is 101 Å². The summed E-state index contributed by atoms with van der Waals surface area (Å²) in [5.41, 5.74) is 1.03. The van der Waals surface area contributed by atoms with Gasteiger partial charge in [-0.15, -0.1) is 24.0 Å². The van der Waals surface area contributed by atoms with Crippen molar-refractivity contribution in [1.82, 2.24) is 25.9 Å². The largest absolute Gasteiger partial charge is 0.359 e. The van der Waals surface area contributed by atoms with E-state index in [-0.39, 0.29) is 29.9 Å². The average molecular weight is 504 g/mol. The molecule has 0 aliphatic heterocycles. The predicted octanol–water partition coefficient (Wildman–Crippen LogP) is 4.00. The quantitative estimate of drug-likeness (QED) is 0.218. The molecule has 2 aromatic heterocycles. The van der Waals surface area contributed by atoms with Gasteiger partial charge in [-0.1, -0.05) is 38.0 Å². The van der Waals surface area contributed by atoms with Crippen molar-refractivity contribution in [2.24, 2.45) is 4.99 Å². The van der Waals surface area contributed by atoms with Gasteiger partial charge in [0.15, 0.2) is 17.5 Å². The molecule has 8 nitrogen and oxygen atoms in total. The highest BCUT2D eigenvalue weighted by atomic mass is 127. The van der Waals surface area contributed by atoms with Crippen molar-refractivity contribution in [2.45, 2.75) is 71.8 Å². The number of nitrogens with zero attached hydrogens (tertiary/aromatic N) is 4. The van der Waals surface area contributed by atoms with Gasteiger partial charge in [-0.3, -0.25) is 4.99 Å². The maximum absolute atomic E-state index is 5.43. The van der Waals surface area contributed by atoms with E-state index in [0.29, 0.717) is 18.4 Å². The summed E-state index contributed by atoms with van der Waals surface area (Å²) in [6, 6.07) is 2.03. The third-order valence-corrected chi connectivity index (χ3v) is 4.49. The van der Waals surface area contributed by atoms with Gasteiger partial charge in [-0.25, -0.2) is 0 Å². The van der Waals surface area contributed by atoms with Crippen LogP contribution in [-0.2, 0) is 13.0 Å². The van der Waals surface area contributed by atoms with Crippen molar-refractivity contribution in [3.8, 4) is 0 Å². The molecule has 0 fully saturated rings. The van der Waals surface area contributed by atoms with Crippen molar-refractivity contribution in [1.29, 1.82) is 0 Å². The minimum absolute atomic E-state index is 0. The van der Waals surface area contributed by atoms with E-state index in [1.54, 1.807) is 7.05 Å². The molecule has 158 valence electrons. The Bertz CT molecular complexity index is 709. The molecule has 0 aromatic carbocycles. The summed E-state index contributed by atoms with van der Waals surface area (Å²) < 4.78 is 10.7. The lowest BCUT2D eigenvalue weighted by Gasteiger charge is -2.10. The Morgan fingerprint density at radius 2 is 1.89 bits per heavy atom. The van der Waals surface area contributed by atoms with E-state index in [0.717, 1.165) is 55.5 Å². The van der Waals surface area contributed by atoms with Crippen LogP contribution >= 0.6 is 24.0 Å². The summed E-state index contributed by atoms with van der Waals surface area (Å²) in [4.78, 5) is 8.61. The molecule has 0 amide bonds. The zero-order valence-corrected chi connectivity index (χ0v) is 19.8. The van der Waals surface area contributed by atoms with E-state index in [2.05, 4.69) is 44.8 Å². The van der Waals surface area contributed by atoms with Crippen LogP contribution in [0.4, 0.5) is 0 Å². The second-order valence-electron chi connectivity index (χ2n) is 6.89. The van der Waals surface area contributed by atoms with E-state index in [1.807, 2.05) is 19.9 Å². The number of nitrogens with one attached hydrogen (secondary N) is 2. The maximum Gasteiger partial charge on any atom is 0.226 e. The minimum atomic E-state index is 0. The second-order valence-corrected chi connectivity index (χ2v) is 6.89. The molecule has 0 aliphatic carbocycles. The second kappa shape index (κ2) is 12.7. The van der Waals surface area contributed by atoms with Gasteiger partial charge in [0.1, 0.15) is 0 Å². The molecule has 0 unspecified atom stereocenters. The molecule has 2 aromatic rings. The molecule has 0 spiro atoms. The maximum atomic E-state index is 5.43. The zero-order valence-electron chi connectivity index (χ0n) is 17.5. The third kappa shape index (κ3) is 7.40. The molecular weight excluding hydrogens is 471 g/mol. The van der Waals surface area contributed by atoms with E-state index < -0.39 is 0 Å². The molecule has 28 heavy (non-hydrogen) atoms. The van der Waals surface area contributed by atoms with Crippen LogP contribution in [-0.4, -0.2) is 34.8 Å². The normalized spacial score (nSPS) is 11.8. The van der Waals surface area contributed by atoms with Gasteiger partial charge in [0.25, 0.3) is 0 Å². The summed E-state index contributed by atoms with van der Waals surface area (Å²) in [6.45, 7) is 9.75. The summed E-state index contributed by atoms with van der Waals surface area (Å²) in [6.07, 6.45) is 3.75. The number of aryl methyl sites for hydroxylation is 1. The lowest BCUT2D eigenvalue weighted by Crippen LogP contribution is -2.37. The summed E-state index contributed by atoms with van der Waals surface area (Å²) >= 11 is 0. The Morgan fingerprint density at radius 1 is 1.14 bits per heavy atom. The molecule has 0 saturated heterocycles. The number of aliphatic imine (C=N–C) groups is 1. The molecule has 2 rings (SSSR count). The van der Waals surface area contributed by atoms with Crippen LogP contribution in [0.15, 0.2) is 20.1 Å². The van der Waals surface area contributed by atoms with Crippen molar-refractivity contribution in [3.63, 3.8) is 0 Å². The summed E-state index contributed by atoms with van der Waals surface area (Å²) in [5.74, 6) is 3.72. The Labute approximate surface area is 184 Å². The monoisotopic (exact) mass is 504 g/mol. The molecular formula is C19H33IN6O2. The molecule has 2 N–H and O–H groups in total. The van der Waals surface area contributed by atoms with E-state index in [1.165, 1.54) is 0 Å². The molecule has 2 heterocycles. The fourth-order valence-electron chi connectivity index (χ4n) is 2.75. The first-order valence-electron chi connectivity index (χ1n) is 9.79. The van der Waals surface area contributed by atoms with Gasteiger partial charge in [-0.05, 0) is 19.3 Å². The number of hydrogen-bond donors (Lipinski definition) is 2. The van der Waals surface area contributed by atoms with Crippen molar-refractivity contribution >= 4 is 29.9 Å². The van der Waals surface area contributed by atoms with Gasteiger partial charge < -0.3 is 19.7 Å². The number of guanidine groups is 1. The highest BCUT2D eigenvalue weighted by molar-refractivity contribution is 14.0. The van der Waals surface area contributed by atoms with Gasteiger partial charge in [0.05, 0.1) is 12.2 Å². The van der Waals surface area contributed by atoms with Crippen LogP contribution in [0, 0.1) is 0 Å². The van der Waals surface area contributed by atoms with Crippen molar-refractivity contribution in [3.05, 3.63) is 29.2 Å². The Balaban J connectivity index is 0.00000392.